The molecule has 10 heteroatoms. The van der Waals surface area contributed by atoms with E-state index in [-0.39, 0.29) is 23.8 Å². The summed E-state index contributed by atoms with van der Waals surface area (Å²) in [6, 6.07) is 28.1. The average molecular weight is 667 g/mol. The summed E-state index contributed by atoms with van der Waals surface area (Å²) < 4.78 is 29.3. The third-order valence-corrected chi connectivity index (χ3v) is 9.48. The number of carbonyl (C=O) groups is 2. The standard InChI is InChI=1S/C35H37Cl2N3O4S/c1-25-14-18-29(19-15-25)40(45(43,44)30-20-16-28(36)17-21-30)24-33(41)39(23-27-12-8-9-13-31(27)37)32(34(42)38-35(2,3)4)22-26-10-6-5-7-11-26/h5-21,32H,22-24H2,1-4H3,(H,38,42). The van der Waals surface area contributed by atoms with Crippen LogP contribution < -0.4 is 9.62 Å². The molecule has 4 rings (SSSR count). The van der Waals surface area contributed by atoms with Crippen LogP contribution in [0.2, 0.25) is 10.0 Å². The van der Waals surface area contributed by atoms with Gasteiger partial charge in [0.1, 0.15) is 12.6 Å². The summed E-state index contributed by atoms with van der Waals surface area (Å²) in [6.07, 6.45) is 0.202. The van der Waals surface area contributed by atoms with Crippen LogP contribution in [-0.2, 0) is 32.6 Å². The van der Waals surface area contributed by atoms with E-state index in [1.54, 1.807) is 48.5 Å². The second-order valence-electron chi connectivity index (χ2n) is 11.9. The van der Waals surface area contributed by atoms with E-state index >= 15 is 0 Å². The van der Waals surface area contributed by atoms with Crippen LogP contribution in [0.4, 0.5) is 5.69 Å². The third-order valence-electron chi connectivity index (χ3n) is 7.07. The van der Waals surface area contributed by atoms with Crippen molar-refractivity contribution in [2.45, 2.75) is 57.1 Å². The highest BCUT2D eigenvalue weighted by atomic mass is 35.5. The highest BCUT2D eigenvalue weighted by Crippen LogP contribution is 2.27. The highest BCUT2D eigenvalue weighted by molar-refractivity contribution is 7.92. The van der Waals surface area contributed by atoms with Gasteiger partial charge in [0.05, 0.1) is 10.6 Å². The minimum absolute atomic E-state index is 0.0176. The second-order valence-corrected chi connectivity index (χ2v) is 14.6. The molecule has 0 aliphatic rings. The summed E-state index contributed by atoms with van der Waals surface area (Å²) in [4.78, 5) is 29.9. The summed E-state index contributed by atoms with van der Waals surface area (Å²) in [5, 5.41) is 3.82. The molecule has 0 heterocycles. The number of nitrogens with zero attached hydrogens (tertiary/aromatic N) is 2. The molecule has 0 saturated carbocycles. The number of hydrogen-bond acceptors (Lipinski definition) is 4. The maximum atomic E-state index is 14.5. The molecule has 1 atom stereocenters. The van der Waals surface area contributed by atoms with Crippen LogP contribution in [0, 0.1) is 6.92 Å². The van der Waals surface area contributed by atoms with E-state index in [4.69, 9.17) is 23.2 Å². The predicted octanol–water partition coefficient (Wildman–Crippen LogP) is 7.05. The Bertz CT molecular complexity index is 1720. The number of aryl methyl sites for hydroxylation is 1. The van der Waals surface area contributed by atoms with Crippen molar-refractivity contribution in [3.8, 4) is 0 Å². The molecule has 0 aliphatic carbocycles. The fourth-order valence-electron chi connectivity index (χ4n) is 4.79. The zero-order valence-electron chi connectivity index (χ0n) is 25.7. The van der Waals surface area contributed by atoms with Crippen LogP contribution in [0.3, 0.4) is 0 Å². The molecule has 236 valence electrons. The smallest absolute Gasteiger partial charge is 0.264 e. The Hall–Kier alpha value is -3.85. The van der Waals surface area contributed by atoms with Crippen molar-refractivity contribution < 1.29 is 18.0 Å². The lowest BCUT2D eigenvalue weighted by atomic mass is 10.0. The van der Waals surface area contributed by atoms with Gasteiger partial charge in [0.25, 0.3) is 10.0 Å². The van der Waals surface area contributed by atoms with Crippen molar-refractivity contribution in [1.82, 2.24) is 10.2 Å². The Morgan fingerprint density at radius 3 is 2.02 bits per heavy atom. The van der Waals surface area contributed by atoms with Crippen LogP contribution in [0.25, 0.3) is 0 Å². The summed E-state index contributed by atoms with van der Waals surface area (Å²) in [7, 11) is -4.23. The maximum absolute atomic E-state index is 14.5. The topological polar surface area (TPSA) is 86.8 Å². The van der Waals surface area contributed by atoms with E-state index in [1.165, 1.54) is 29.2 Å². The lowest BCUT2D eigenvalue weighted by molar-refractivity contribution is -0.140. The van der Waals surface area contributed by atoms with Gasteiger partial charge in [0.2, 0.25) is 11.8 Å². The Kier molecular flexibility index (Phi) is 11.0. The van der Waals surface area contributed by atoms with Crippen molar-refractivity contribution in [3.05, 3.63) is 130 Å². The first-order valence-corrected chi connectivity index (χ1v) is 16.7. The number of carbonyl (C=O) groups excluding carboxylic acids is 2. The highest BCUT2D eigenvalue weighted by Gasteiger charge is 2.35. The fraction of sp³-hybridized carbons (Fsp3) is 0.257. The van der Waals surface area contributed by atoms with Gasteiger partial charge in [0.15, 0.2) is 0 Å². The monoisotopic (exact) mass is 665 g/mol. The first-order valence-electron chi connectivity index (χ1n) is 14.5. The van der Waals surface area contributed by atoms with Gasteiger partial charge in [0, 0.05) is 28.5 Å². The SMILES string of the molecule is Cc1ccc(N(CC(=O)N(Cc2ccccc2Cl)C(Cc2ccccc2)C(=O)NC(C)(C)C)S(=O)(=O)c2ccc(Cl)cc2)cc1. The van der Waals surface area contributed by atoms with Gasteiger partial charge < -0.3 is 10.2 Å². The number of benzene rings is 4. The second kappa shape index (κ2) is 14.5. The number of hydrogen-bond donors (Lipinski definition) is 1. The molecule has 4 aromatic carbocycles. The molecule has 0 aromatic heterocycles. The van der Waals surface area contributed by atoms with Crippen LogP contribution >= 0.6 is 23.2 Å². The molecular weight excluding hydrogens is 629 g/mol. The zero-order valence-corrected chi connectivity index (χ0v) is 28.0. The average Bonchev–Trinajstić information content (AvgIpc) is 2.99. The van der Waals surface area contributed by atoms with E-state index in [0.717, 1.165) is 15.4 Å². The van der Waals surface area contributed by atoms with E-state index < -0.39 is 34.1 Å². The Balaban J connectivity index is 1.82. The van der Waals surface area contributed by atoms with Crippen LogP contribution in [-0.4, -0.2) is 43.3 Å². The van der Waals surface area contributed by atoms with E-state index in [0.29, 0.717) is 21.3 Å². The van der Waals surface area contributed by atoms with Gasteiger partial charge in [-0.2, -0.15) is 0 Å². The van der Waals surface area contributed by atoms with Crippen LogP contribution in [0.15, 0.2) is 108 Å². The summed E-state index contributed by atoms with van der Waals surface area (Å²) in [5.41, 5.74) is 2.11. The predicted molar refractivity (Wildman–Crippen MR) is 181 cm³/mol. The molecule has 0 aliphatic heterocycles. The van der Waals surface area contributed by atoms with Crippen molar-refractivity contribution in [2.24, 2.45) is 0 Å². The molecule has 45 heavy (non-hydrogen) atoms. The molecule has 1 unspecified atom stereocenters. The van der Waals surface area contributed by atoms with Gasteiger partial charge in [-0.15, -0.1) is 0 Å². The Morgan fingerprint density at radius 1 is 0.822 bits per heavy atom. The Morgan fingerprint density at radius 2 is 1.42 bits per heavy atom. The molecule has 0 spiro atoms. The van der Waals surface area contributed by atoms with E-state index in [9.17, 15) is 18.0 Å². The number of anilines is 1. The normalized spacial score (nSPS) is 12.3. The molecule has 7 nitrogen and oxygen atoms in total. The molecule has 0 saturated heterocycles. The van der Waals surface area contributed by atoms with E-state index in [2.05, 4.69) is 5.32 Å². The number of amides is 2. The zero-order chi connectivity index (χ0) is 32.8. The summed E-state index contributed by atoms with van der Waals surface area (Å²) in [6.45, 7) is 6.90. The molecule has 1 N–H and O–H groups in total. The minimum Gasteiger partial charge on any atom is -0.350 e. The quantitative estimate of drug-likeness (QED) is 0.186. The van der Waals surface area contributed by atoms with Crippen molar-refractivity contribution in [2.75, 3.05) is 10.8 Å². The Labute approximate surface area is 275 Å². The van der Waals surface area contributed by atoms with Crippen LogP contribution in [0.1, 0.15) is 37.5 Å². The molecular formula is C35H37Cl2N3O4S. The fourth-order valence-corrected chi connectivity index (χ4v) is 6.53. The number of sulfonamides is 1. The lowest BCUT2D eigenvalue weighted by Crippen LogP contribution is -2.56. The maximum Gasteiger partial charge on any atom is 0.264 e. The number of halogens is 2. The molecule has 0 radical (unpaired) electrons. The molecule has 2 amide bonds. The van der Waals surface area contributed by atoms with Crippen molar-refractivity contribution in [3.63, 3.8) is 0 Å². The lowest BCUT2D eigenvalue weighted by Gasteiger charge is -2.35. The number of rotatable bonds is 11. The first-order chi connectivity index (χ1) is 21.2. The summed E-state index contributed by atoms with van der Waals surface area (Å²) >= 11 is 12.6. The van der Waals surface area contributed by atoms with Gasteiger partial charge in [-0.3, -0.25) is 13.9 Å². The third kappa shape index (κ3) is 9.10. The van der Waals surface area contributed by atoms with Gasteiger partial charge in [-0.1, -0.05) is 89.4 Å². The van der Waals surface area contributed by atoms with Crippen molar-refractivity contribution >= 4 is 50.7 Å². The molecule has 0 bridgehead atoms. The first kappa shape index (κ1) is 34.0. The molecule has 0 fully saturated rings. The minimum atomic E-state index is -4.23. The van der Waals surface area contributed by atoms with Crippen molar-refractivity contribution in [1.29, 1.82) is 0 Å². The van der Waals surface area contributed by atoms with E-state index in [1.807, 2.05) is 58.0 Å². The molecule has 4 aromatic rings. The van der Waals surface area contributed by atoms with Crippen LogP contribution in [0.5, 0.6) is 0 Å². The van der Waals surface area contributed by atoms with Gasteiger partial charge in [-0.25, -0.2) is 8.42 Å². The van der Waals surface area contributed by atoms with Gasteiger partial charge >= 0.3 is 0 Å². The van der Waals surface area contributed by atoms with Gasteiger partial charge in [-0.05, 0) is 81.3 Å². The summed E-state index contributed by atoms with van der Waals surface area (Å²) in [5.74, 6) is -0.938. The largest absolute Gasteiger partial charge is 0.350 e. The number of nitrogens with one attached hydrogen (secondary N) is 1.